The Bertz CT molecular complexity index is 683. The van der Waals surface area contributed by atoms with Crippen LogP contribution in [0.1, 0.15) is 39.3 Å². The summed E-state index contributed by atoms with van der Waals surface area (Å²) < 4.78 is 7.69. The van der Waals surface area contributed by atoms with Crippen molar-refractivity contribution in [1.29, 1.82) is 0 Å². The molecule has 0 saturated carbocycles. The molecule has 7 nitrogen and oxygen atoms in total. The lowest BCUT2D eigenvalue weighted by Gasteiger charge is -2.24. The number of nitrogens with one attached hydrogen (secondary N) is 1. The van der Waals surface area contributed by atoms with Gasteiger partial charge in [0.1, 0.15) is 12.6 Å². The number of fused-ring (bicyclic) bond motifs is 1. The van der Waals surface area contributed by atoms with Gasteiger partial charge < -0.3 is 15.8 Å². The van der Waals surface area contributed by atoms with Crippen molar-refractivity contribution in [2.24, 2.45) is 0 Å². The number of nitrogens with two attached hydrogens (primary N) is 1. The van der Waals surface area contributed by atoms with Crippen LogP contribution in [-0.4, -0.2) is 32.7 Å². The molecule has 0 radical (unpaired) electrons. The van der Waals surface area contributed by atoms with Crippen molar-refractivity contribution in [2.75, 3.05) is 24.2 Å². The van der Waals surface area contributed by atoms with Crippen molar-refractivity contribution in [3.8, 4) is 0 Å². The molecule has 0 amide bonds. The Morgan fingerprint density at radius 1 is 1.45 bits per heavy atom. The standard InChI is InChI=1S/C15H22N6O/c1-10(2)6-7-17-13-12-14(19-9-18-13)21(15(16)20-12)11-5-3-4-8-22-11/h6,9,11H,3-5,7-8H2,1-2H3,(H2,16,20)(H,17,18,19). The van der Waals surface area contributed by atoms with Crippen LogP contribution in [0.5, 0.6) is 0 Å². The van der Waals surface area contributed by atoms with E-state index in [1.165, 1.54) is 11.9 Å². The van der Waals surface area contributed by atoms with Crippen molar-refractivity contribution in [1.82, 2.24) is 19.5 Å². The second kappa shape index (κ2) is 6.31. The zero-order chi connectivity index (χ0) is 15.5. The minimum absolute atomic E-state index is 0.0840. The van der Waals surface area contributed by atoms with E-state index in [1.807, 2.05) is 4.57 Å². The fourth-order valence-corrected chi connectivity index (χ4v) is 2.62. The molecule has 2 aromatic heterocycles. The van der Waals surface area contributed by atoms with Crippen molar-refractivity contribution in [3.63, 3.8) is 0 Å². The van der Waals surface area contributed by atoms with Gasteiger partial charge in [-0.3, -0.25) is 4.57 Å². The third-order valence-electron chi connectivity index (χ3n) is 3.73. The molecule has 3 N–H and O–H groups in total. The van der Waals surface area contributed by atoms with Crippen molar-refractivity contribution in [3.05, 3.63) is 18.0 Å². The summed E-state index contributed by atoms with van der Waals surface area (Å²) in [6.07, 6.45) is 6.69. The lowest BCUT2D eigenvalue weighted by molar-refractivity contribution is -0.0284. The van der Waals surface area contributed by atoms with Gasteiger partial charge in [-0.05, 0) is 33.1 Å². The average Bonchev–Trinajstić information content (AvgIpc) is 2.84. The Balaban J connectivity index is 1.94. The van der Waals surface area contributed by atoms with E-state index < -0.39 is 0 Å². The molecule has 0 bridgehead atoms. The summed E-state index contributed by atoms with van der Waals surface area (Å²) in [6.45, 7) is 5.57. The molecular weight excluding hydrogens is 280 g/mol. The van der Waals surface area contributed by atoms with E-state index in [1.54, 1.807) is 0 Å². The third kappa shape index (κ3) is 2.89. The quantitative estimate of drug-likeness (QED) is 0.843. The number of ether oxygens (including phenoxy) is 1. The highest BCUT2D eigenvalue weighted by molar-refractivity contribution is 5.85. The summed E-state index contributed by atoms with van der Waals surface area (Å²) in [6, 6.07) is 0. The van der Waals surface area contributed by atoms with E-state index in [9.17, 15) is 0 Å². The van der Waals surface area contributed by atoms with Gasteiger partial charge in [-0.25, -0.2) is 15.0 Å². The SMILES string of the molecule is CC(C)=CCNc1ncnc2c1nc(N)n2C1CCCCO1. The van der Waals surface area contributed by atoms with E-state index in [-0.39, 0.29) is 6.23 Å². The van der Waals surface area contributed by atoms with E-state index in [0.717, 1.165) is 31.5 Å². The Hall–Kier alpha value is -2.15. The molecule has 3 heterocycles. The van der Waals surface area contributed by atoms with E-state index in [0.29, 0.717) is 23.8 Å². The zero-order valence-electron chi connectivity index (χ0n) is 13.0. The topological polar surface area (TPSA) is 90.9 Å². The molecule has 1 atom stereocenters. The summed E-state index contributed by atoms with van der Waals surface area (Å²) in [7, 11) is 0. The normalized spacial score (nSPS) is 18.4. The second-order valence-electron chi connectivity index (χ2n) is 5.72. The molecular formula is C15H22N6O. The molecule has 1 unspecified atom stereocenters. The number of rotatable bonds is 4. The predicted octanol–water partition coefficient (Wildman–Crippen LogP) is 2.49. The first-order valence-electron chi connectivity index (χ1n) is 7.64. The van der Waals surface area contributed by atoms with Gasteiger partial charge in [0.2, 0.25) is 5.95 Å². The van der Waals surface area contributed by atoms with Gasteiger partial charge in [0, 0.05) is 13.2 Å². The first-order valence-corrected chi connectivity index (χ1v) is 7.64. The number of nitrogens with zero attached hydrogens (tertiary/aromatic N) is 4. The van der Waals surface area contributed by atoms with Gasteiger partial charge in [0.05, 0.1) is 0 Å². The molecule has 22 heavy (non-hydrogen) atoms. The Morgan fingerprint density at radius 2 is 2.32 bits per heavy atom. The van der Waals surface area contributed by atoms with Gasteiger partial charge in [0.15, 0.2) is 17.0 Å². The molecule has 1 fully saturated rings. The summed E-state index contributed by atoms with van der Waals surface area (Å²) in [5.74, 6) is 1.12. The highest BCUT2D eigenvalue weighted by Gasteiger charge is 2.23. The fourth-order valence-electron chi connectivity index (χ4n) is 2.62. The molecule has 3 rings (SSSR count). The second-order valence-corrected chi connectivity index (χ2v) is 5.72. The van der Waals surface area contributed by atoms with E-state index in [4.69, 9.17) is 10.5 Å². The number of aromatic nitrogens is 4. The van der Waals surface area contributed by atoms with Crippen molar-refractivity contribution < 1.29 is 4.74 Å². The fraction of sp³-hybridized carbons (Fsp3) is 0.533. The Labute approximate surface area is 129 Å². The van der Waals surface area contributed by atoms with E-state index in [2.05, 4.69) is 40.2 Å². The molecule has 1 aliphatic rings. The van der Waals surface area contributed by atoms with E-state index >= 15 is 0 Å². The van der Waals surface area contributed by atoms with Crippen LogP contribution in [0.4, 0.5) is 11.8 Å². The van der Waals surface area contributed by atoms with Crippen LogP contribution in [0.25, 0.3) is 11.2 Å². The lowest BCUT2D eigenvalue weighted by atomic mass is 10.2. The van der Waals surface area contributed by atoms with Gasteiger partial charge in [-0.15, -0.1) is 0 Å². The van der Waals surface area contributed by atoms with Crippen LogP contribution in [0.15, 0.2) is 18.0 Å². The monoisotopic (exact) mass is 302 g/mol. The summed E-state index contributed by atoms with van der Waals surface area (Å²) in [4.78, 5) is 13.1. The van der Waals surface area contributed by atoms with Gasteiger partial charge >= 0.3 is 0 Å². The molecule has 7 heteroatoms. The number of imidazole rings is 1. The van der Waals surface area contributed by atoms with Crippen LogP contribution >= 0.6 is 0 Å². The summed E-state index contributed by atoms with van der Waals surface area (Å²) in [5, 5.41) is 3.26. The van der Waals surface area contributed by atoms with Gasteiger partial charge in [0.25, 0.3) is 0 Å². The Morgan fingerprint density at radius 3 is 3.05 bits per heavy atom. The minimum Gasteiger partial charge on any atom is -0.369 e. The zero-order valence-corrected chi connectivity index (χ0v) is 13.0. The highest BCUT2D eigenvalue weighted by Crippen LogP contribution is 2.30. The smallest absolute Gasteiger partial charge is 0.204 e. The maximum absolute atomic E-state index is 6.09. The van der Waals surface area contributed by atoms with Crippen molar-refractivity contribution >= 4 is 22.9 Å². The molecule has 1 saturated heterocycles. The molecule has 0 aromatic carbocycles. The van der Waals surface area contributed by atoms with Crippen LogP contribution in [-0.2, 0) is 4.74 Å². The number of hydrogen-bond donors (Lipinski definition) is 2. The first kappa shape index (κ1) is 14.8. The lowest BCUT2D eigenvalue weighted by Crippen LogP contribution is -2.20. The highest BCUT2D eigenvalue weighted by atomic mass is 16.5. The maximum Gasteiger partial charge on any atom is 0.204 e. The van der Waals surface area contributed by atoms with Gasteiger partial charge in [-0.2, -0.15) is 0 Å². The predicted molar refractivity (Wildman–Crippen MR) is 86.5 cm³/mol. The third-order valence-corrected chi connectivity index (χ3v) is 3.73. The van der Waals surface area contributed by atoms with Crippen LogP contribution in [0, 0.1) is 0 Å². The molecule has 118 valence electrons. The largest absolute Gasteiger partial charge is 0.369 e. The molecule has 0 spiro atoms. The molecule has 0 aliphatic carbocycles. The summed E-state index contributed by atoms with van der Waals surface area (Å²) >= 11 is 0. The van der Waals surface area contributed by atoms with Gasteiger partial charge in [-0.1, -0.05) is 11.6 Å². The van der Waals surface area contributed by atoms with Crippen LogP contribution in [0.3, 0.4) is 0 Å². The van der Waals surface area contributed by atoms with Crippen molar-refractivity contribution in [2.45, 2.75) is 39.3 Å². The van der Waals surface area contributed by atoms with Crippen LogP contribution < -0.4 is 11.1 Å². The minimum atomic E-state index is -0.0840. The first-order chi connectivity index (χ1) is 10.7. The summed E-state index contributed by atoms with van der Waals surface area (Å²) in [5.41, 5.74) is 8.76. The molecule has 1 aliphatic heterocycles. The number of anilines is 2. The molecule has 2 aromatic rings. The number of nitrogen functional groups attached to an aromatic ring is 1. The average molecular weight is 302 g/mol. The maximum atomic E-state index is 6.09. The number of hydrogen-bond acceptors (Lipinski definition) is 6. The Kier molecular flexibility index (Phi) is 4.24. The number of allylic oxidation sites excluding steroid dienone is 1. The van der Waals surface area contributed by atoms with Crippen LogP contribution in [0.2, 0.25) is 0 Å².